The number of aromatic nitrogens is 1. The molecule has 2 aromatic carbocycles. The third kappa shape index (κ3) is 2.08. The lowest BCUT2D eigenvalue weighted by Crippen LogP contribution is -1.92. The summed E-state index contributed by atoms with van der Waals surface area (Å²) >= 11 is 3.77. The van der Waals surface area contributed by atoms with Crippen LogP contribution in [0, 0.1) is 0 Å². The molecule has 1 nitrogen and oxygen atoms in total. The summed E-state index contributed by atoms with van der Waals surface area (Å²) in [5, 5.41) is 1.26. The molecule has 102 valence electrons. The van der Waals surface area contributed by atoms with Crippen molar-refractivity contribution < 1.29 is 0 Å². The summed E-state index contributed by atoms with van der Waals surface area (Å²) in [5.41, 5.74) is 5.12. The largest absolute Gasteiger partial charge is 0.343 e. The van der Waals surface area contributed by atoms with Crippen LogP contribution in [0.2, 0.25) is 0 Å². The second-order valence-electron chi connectivity index (χ2n) is 5.52. The highest BCUT2D eigenvalue weighted by molar-refractivity contribution is 9.10. The van der Waals surface area contributed by atoms with Crippen molar-refractivity contribution in [3.05, 3.63) is 58.6 Å². The van der Waals surface area contributed by atoms with Crippen molar-refractivity contribution in [2.75, 3.05) is 0 Å². The Balaban J connectivity index is 2.19. The molecule has 0 radical (unpaired) electrons. The highest BCUT2D eigenvalue weighted by Gasteiger charge is 2.14. The van der Waals surface area contributed by atoms with Crippen LogP contribution in [-0.2, 0) is 7.05 Å². The van der Waals surface area contributed by atoms with E-state index in [1.807, 2.05) is 0 Å². The first kappa shape index (κ1) is 13.4. The predicted octanol–water partition coefficient (Wildman–Crippen LogP) is 5.73. The Labute approximate surface area is 128 Å². The average Bonchev–Trinajstić information content (AvgIpc) is 2.72. The fourth-order valence-corrected chi connectivity index (χ4v) is 3.52. The molecule has 0 saturated heterocycles. The summed E-state index contributed by atoms with van der Waals surface area (Å²) in [7, 11) is 2.12. The van der Waals surface area contributed by atoms with E-state index in [0.717, 1.165) is 0 Å². The molecule has 2 heteroatoms. The lowest BCUT2D eigenvalue weighted by atomic mass is 10.0. The molecule has 1 heterocycles. The van der Waals surface area contributed by atoms with Gasteiger partial charge in [0.2, 0.25) is 0 Å². The van der Waals surface area contributed by atoms with Crippen LogP contribution in [0.5, 0.6) is 0 Å². The topological polar surface area (TPSA) is 4.93 Å². The van der Waals surface area contributed by atoms with Crippen molar-refractivity contribution in [2.24, 2.45) is 7.05 Å². The molecule has 3 aromatic rings. The predicted molar refractivity (Wildman–Crippen MR) is 90.1 cm³/mol. The average molecular weight is 328 g/mol. The molecule has 0 aliphatic heterocycles. The van der Waals surface area contributed by atoms with Gasteiger partial charge in [-0.3, -0.25) is 0 Å². The Morgan fingerprint density at radius 2 is 1.60 bits per heavy atom. The van der Waals surface area contributed by atoms with Crippen LogP contribution >= 0.6 is 15.9 Å². The molecule has 0 bridgehead atoms. The lowest BCUT2D eigenvalue weighted by Gasteiger charge is -2.09. The van der Waals surface area contributed by atoms with Crippen molar-refractivity contribution in [1.29, 1.82) is 0 Å². The zero-order valence-electron chi connectivity index (χ0n) is 12.0. The van der Waals surface area contributed by atoms with Crippen LogP contribution < -0.4 is 0 Å². The number of hydrogen-bond acceptors (Lipinski definition) is 0. The fraction of sp³-hybridized carbons (Fsp3) is 0.222. The first-order chi connectivity index (χ1) is 9.59. The van der Waals surface area contributed by atoms with Gasteiger partial charge in [0, 0.05) is 18.0 Å². The first-order valence-electron chi connectivity index (χ1n) is 6.93. The molecule has 20 heavy (non-hydrogen) atoms. The molecule has 0 atom stereocenters. The van der Waals surface area contributed by atoms with Crippen LogP contribution in [0.4, 0.5) is 0 Å². The number of halogens is 1. The summed E-state index contributed by atoms with van der Waals surface area (Å²) in [6, 6.07) is 17.4. The van der Waals surface area contributed by atoms with Crippen molar-refractivity contribution in [1.82, 2.24) is 4.57 Å². The van der Waals surface area contributed by atoms with Gasteiger partial charge >= 0.3 is 0 Å². The quantitative estimate of drug-likeness (QED) is 0.566. The number of nitrogens with zero attached hydrogens (tertiary/aromatic N) is 1. The number of fused-ring (bicyclic) bond motifs is 1. The lowest BCUT2D eigenvalue weighted by molar-refractivity contribution is 0.866. The Hall–Kier alpha value is -1.54. The van der Waals surface area contributed by atoms with Crippen LogP contribution in [0.25, 0.3) is 22.2 Å². The van der Waals surface area contributed by atoms with Crippen LogP contribution in [0.1, 0.15) is 25.3 Å². The standard InChI is InChI=1S/C18H18BrN/c1-12(2)13-8-10-14(11-9-13)18-17(19)15-6-4-5-7-16(15)20(18)3/h4-12H,1-3H3. The number of aryl methyl sites for hydroxylation is 1. The Morgan fingerprint density at radius 1 is 0.950 bits per heavy atom. The molecule has 0 aliphatic rings. The Morgan fingerprint density at radius 3 is 2.20 bits per heavy atom. The second-order valence-corrected chi connectivity index (χ2v) is 6.31. The van der Waals surface area contributed by atoms with Gasteiger partial charge in [0.15, 0.2) is 0 Å². The molecular weight excluding hydrogens is 310 g/mol. The smallest absolute Gasteiger partial charge is 0.0633 e. The minimum atomic E-state index is 0.569. The van der Waals surface area contributed by atoms with E-state index in [9.17, 15) is 0 Å². The monoisotopic (exact) mass is 327 g/mol. The summed E-state index contributed by atoms with van der Waals surface area (Å²) in [6.07, 6.45) is 0. The Kier molecular flexibility index (Phi) is 3.43. The summed E-state index contributed by atoms with van der Waals surface area (Å²) < 4.78 is 3.43. The van der Waals surface area contributed by atoms with Gasteiger partial charge in [-0.05, 0) is 39.0 Å². The van der Waals surface area contributed by atoms with Crippen molar-refractivity contribution in [3.8, 4) is 11.3 Å². The summed E-state index contributed by atoms with van der Waals surface area (Å²) in [6.45, 7) is 4.45. The molecule has 0 saturated carbocycles. The second kappa shape index (κ2) is 5.10. The maximum Gasteiger partial charge on any atom is 0.0633 e. The van der Waals surface area contributed by atoms with Gasteiger partial charge < -0.3 is 4.57 Å². The van der Waals surface area contributed by atoms with Gasteiger partial charge in [-0.15, -0.1) is 0 Å². The minimum Gasteiger partial charge on any atom is -0.343 e. The summed E-state index contributed by atoms with van der Waals surface area (Å²) in [4.78, 5) is 0. The third-order valence-corrected chi connectivity index (χ3v) is 4.70. The van der Waals surface area contributed by atoms with Crippen LogP contribution in [0.15, 0.2) is 53.0 Å². The first-order valence-corrected chi connectivity index (χ1v) is 7.72. The van der Waals surface area contributed by atoms with Gasteiger partial charge in [0.25, 0.3) is 0 Å². The molecule has 0 amide bonds. The van der Waals surface area contributed by atoms with E-state index in [0.29, 0.717) is 5.92 Å². The molecule has 0 fully saturated rings. The normalized spacial score (nSPS) is 11.4. The van der Waals surface area contributed by atoms with E-state index >= 15 is 0 Å². The molecule has 0 aliphatic carbocycles. The number of hydrogen-bond donors (Lipinski definition) is 0. The maximum atomic E-state index is 3.77. The SMILES string of the molecule is CC(C)c1ccc(-c2c(Br)c3ccccc3n2C)cc1. The van der Waals surface area contributed by atoms with Crippen molar-refractivity contribution >= 4 is 26.8 Å². The number of para-hydroxylation sites is 1. The van der Waals surface area contributed by atoms with Crippen LogP contribution in [-0.4, -0.2) is 4.57 Å². The number of rotatable bonds is 2. The molecule has 0 spiro atoms. The molecule has 0 N–H and O–H groups in total. The van der Waals surface area contributed by atoms with E-state index in [1.165, 1.54) is 32.2 Å². The zero-order valence-corrected chi connectivity index (χ0v) is 13.6. The fourth-order valence-electron chi connectivity index (χ4n) is 2.69. The highest BCUT2D eigenvalue weighted by atomic mass is 79.9. The van der Waals surface area contributed by atoms with E-state index in [-0.39, 0.29) is 0 Å². The highest BCUT2D eigenvalue weighted by Crippen LogP contribution is 2.37. The van der Waals surface area contributed by atoms with Gasteiger partial charge in [-0.25, -0.2) is 0 Å². The van der Waals surface area contributed by atoms with E-state index < -0.39 is 0 Å². The Bertz CT molecular complexity index is 712. The van der Waals surface area contributed by atoms with Gasteiger partial charge in [0.05, 0.1) is 10.2 Å². The molecular formula is C18H18BrN. The van der Waals surface area contributed by atoms with Crippen LogP contribution in [0.3, 0.4) is 0 Å². The molecule has 1 aromatic heterocycles. The van der Waals surface area contributed by atoms with Gasteiger partial charge in [-0.1, -0.05) is 56.3 Å². The van der Waals surface area contributed by atoms with Crippen molar-refractivity contribution in [3.63, 3.8) is 0 Å². The minimum absolute atomic E-state index is 0.569. The van der Waals surface area contributed by atoms with E-state index in [1.54, 1.807) is 0 Å². The summed E-state index contributed by atoms with van der Waals surface area (Å²) in [5.74, 6) is 0.569. The van der Waals surface area contributed by atoms with E-state index in [2.05, 4.69) is 89.9 Å². The number of benzene rings is 2. The van der Waals surface area contributed by atoms with Crippen molar-refractivity contribution in [2.45, 2.75) is 19.8 Å². The van der Waals surface area contributed by atoms with Gasteiger partial charge in [-0.2, -0.15) is 0 Å². The van der Waals surface area contributed by atoms with E-state index in [4.69, 9.17) is 0 Å². The molecule has 0 unspecified atom stereocenters. The zero-order chi connectivity index (χ0) is 14.3. The van der Waals surface area contributed by atoms with Gasteiger partial charge in [0.1, 0.15) is 0 Å². The maximum absolute atomic E-state index is 3.77. The molecule has 3 rings (SSSR count). The third-order valence-electron chi connectivity index (χ3n) is 3.90.